The van der Waals surface area contributed by atoms with E-state index in [1.54, 1.807) is 13.2 Å². The quantitative estimate of drug-likeness (QED) is 0.604. The second kappa shape index (κ2) is 8.78. The van der Waals surface area contributed by atoms with Gasteiger partial charge < -0.3 is 9.15 Å². The van der Waals surface area contributed by atoms with Gasteiger partial charge in [-0.05, 0) is 49.7 Å². The number of furan rings is 1. The molecule has 2 heterocycles. The van der Waals surface area contributed by atoms with E-state index in [2.05, 4.69) is 23.8 Å². The normalized spacial score (nSPS) is 23.2. The predicted molar refractivity (Wildman–Crippen MR) is 113 cm³/mol. The molecule has 1 saturated carbocycles. The summed E-state index contributed by atoms with van der Waals surface area (Å²) < 4.78 is 38.7. The second-order valence-corrected chi connectivity index (χ2v) is 9.94. The van der Waals surface area contributed by atoms with Crippen LogP contribution in [0.5, 0.6) is 0 Å². The number of methoxy groups -OCH3 is 1. The van der Waals surface area contributed by atoms with Gasteiger partial charge in [0.05, 0.1) is 24.0 Å². The van der Waals surface area contributed by atoms with E-state index in [9.17, 15) is 13.2 Å². The van der Waals surface area contributed by atoms with Crippen molar-refractivity contribution in [2.24, 2.45) is 22.4 Å². The fraction of sp³-hybridized carbons (Fsp3) is 0.571. The minimum atomic E-state index is -4.04. The Hall–Kier alpha value is -2.14. The maximum absolute atomic E-state index is 13.1. The average Bonchev–Trinajstić information content (AvgIpc) is 3.15. The van der Waals surface area contributed by atoms with Gasteiger partial charge in [0, 0.05) is 19.2 Å². The number of ketones is 1. The SMILES string of the molecule is CO[C@@H]1[C@@H](COS(N)(=O)=O)C[C@@H](Cc2ncncc2C(=O)c2cc(C)c(C)o2)C1(C)C. The molecule has 0 aliphatic heterocycles. The Kier molecular flexibility index (Phi) is 6.66. The van der Waals surface area contributed by atoms with Gasteiger partial charge in [0.1, 0.15) is 12.1 Å². The molecule has 0 amide bonds. The van der Waals surface area contributed by atoms with E-state index in [0.717, 1.165) is 5.56 Å². The second-order valence-electron chi connectivity index (χ2n) is 8.71. The van der Waals surface area contributed by atoms with E-state index in [0.29, 0.717) is 29.9 Å². The Morgan fingerprint density at radius 2 is 2.06 bits per heavy atom. The number of ether oxygens (including phenoxy) is 1. The Bertz CT molecular complexity index is 1040. The molecule has 0 aromatic carbocycles. The molecule has 1 aliphatic rings. The van der Waals surface area contributed by atoms with Crippen molar-refractivity contribution in [3.8, 4) is 0 Å². The molecule has 10 heteroatoms. The molecule has 0 bridgehead atoms. The molecule has 3 rings (SSSR count). The van der Waals surface area contributed by atoms with Gasteiger partial charge in [0.25, 0.3) is 0 Å². The van der Waals surface area contributed by atoms with Crippen molar-refractivity contribution in [2.75, 3.05) is 13.7 Å². The maximum atomic E-state index is 13.1. The fourth-order valence-corrected chi connectivity index (χ4v) is 4.94. The topological polar surface area (TPSA) is 135 Å². The molecule has 31 heavy (non-hydrogen) atoms. The first-order valence-electron chi connectivity index (χ1n) is 10.0. The molecule has 2 aromatic heterocycles. The number of aromatic nitrogens is 2. The third-order valence-corrected chi connectivity index (χ3v) is 6.83. The lowest BCUT2D eigenvalue weighted by atomic mass is 9.77. The minimum absolute atomic E-state index is 0.0578. The van der Waals surface area contributed by atoms with Gasteiger partial charge in [0.2, 0.25) is 5.78 Å². The number of carbonyl (C=O) groups is 1. The summed E-state index contributed by atoms with van der Waals surface area (Å²) in [5.74, 6) is 0.581. The molecule has 2 N–H and O–H groups in total. The number of nitrogens with zero attached hydrogens (tertiary/aromatic N) is 2. The molecule has 1 fully saturated rings. The predicted octanol–water partition coefficient (Wildman–Crippen LogP) is 2.36. The van der Waals surface area contributed by atoms with Gasteiger partial charge in [-0.15, -0.1) is 0 Å². The van der Waals surface area contributed by atoms with E-state index in [4.69, 9.17) is 18.5 Å². The molecular formula is C21H29N3O6S. The number of carbonyl (C=O) groups excluding carboxylic acids is 1. The number of hydrogen-bond acceptors (Lipinski definition) is 8. The van der Waals surface area contributed by atoms with Gasteiger partial charge in [-0.25, -0.2) is 15.1 Å². The number of rotatable bonds is 8. The molecule has 0 spiro atoms. The fourth-order valence-electron chi connectivity index (χ4n) is 4.57. The van der Waals surface area contributed by atoms with Crippen LogP contribution in [0.3, 0.4) is 0 Å². The van der Waals surface area contributed by atoms with Crippen LogP contribution in [0, 0.1) is 31.1 Å². The lowest BCUT2D eigenvalue weighted by Gasteiger charge is -2.33. The first kappa shape index (κ1) is 23.5. The standard InChI is InChI=1S/C21H29N3O6S/c1-12-6-18(30-13(12)2)19(25)16-9-23-11-24-17(16)8-15-7-14(10-29-31(22,26)27)20(28-5)21(15,3)4/h6,9,11,14-15,20H,7-8,10H2,1-5H3,(H2,22,26,27)/t14-,15+,20-/m1/s1. The van der Waals surface area contributed by atoms with Crippen LogP contribution in [-0.4, -0.2) is 44.0 Å². The molecule has 1 aliphatic carbocycles. The van der Waals surface area contributed by atoms with E-state index in [-0.39, 0.29) is 41.5 Å². The summed E-state index contributed by atoms with van der Waals surface area (Å²) >= 11 is 0. The molecule has 0 radical (unpaired) electrons. The van der Waals surface area contributed by atoms with Crippen molar-refractivity contribution in [3.63, 3.8) is 0 Å². The van der Waals surface area contributed by atoms with E-state index in [1.165, 1.54) is 12.5 Å². The molecule has 3 atom stereocenters. The van der Waals surface area contributed by atoms with Crippen LogP contribution in [0.2, 0.25) is 0 Å². The van der Waals surface area contributed by atoms with Gasteiger partial charge in [0.15, 0.2) is 5.76 Å². The molecule has 170 valence electrons. The first-order chi connectivity index (χ1) is 14.4. The summed E-state index contributed by atoms with van der Waals surface area (Å²) in [6.45, 7) is 7.76. The van der Waals surface area contributed by atoms with Gasteiger partial charge >= 0.3 is 10.3 Å². The largest absolute Gasteiger partial charge is 0.458 e. The molecule has 9 nitrogen and oxygen atoms in total. The molecule has 2 aromatic rings. The van der Waals surface area contributed by atoms with E-state index >= 15 is 0 Å². The lowest BCUT2D eigenvalue weighted by Crippen LogP contribution is -2.36. The third kappa shape index (κ3) is 5.03. The summed E-state index contributed by atoms with van der Waals surface area (Å²) in [7, 11) is -2.44. The zero-order valence-electron chi connectivity index (χ0n) is 18.4. The Labute approximate surface area is 182 Å². The number of nitrogens with two attached hydrogens (primary N) is 1. The van der Waals surface area contributed by atoms with Crippen LogP contribution in [0.15, 0.2) is 23.0 Å². The van der Waals surface area contributed by atoms with Gasteiger partial charge in [-0.1, -0.05) is 13.8 Å². The highest BCUT2D eigenvalue weighted by Gasteiger charge is 2.50. The number of hydrogen-bond donors (Lipinski definition) is 1. The van der Waals surface area contributed by atoms with Crippen molar-refractivity contribution >= 4 is 16.1 Å². The molecular weight excluding hydrogens is 422 g/mol. The summed E-state index contributed by atoms with van der Waals surface area (Å²) in [5.41, 5.74) is 1.60. The lowest BCUT2D eigenvalue weighted by molar-refractivity contribution is -0.0191. The van der Waals surface area contributed by atoms with Crippen LogP contribution in [0.1, 0.15) is 53.4 Å². The summed E-state index contributed by atoms with van der Waals surface area (Å²) in [6, 6.07) is 1.72. The van der Waals surface area contributed by atoms with Gasteiger partial charge in [-0.3, -0.25) is 8.98 Å². The maximum Gasteiger partial charge on any atom is 0.333 e. The molecule has 0 saturated heterocycles. The monoisotopic (exact) mass is 451 g/mol. The summed E-state index contributed by atoms with van der Waals surface area (Å²) in [5, 5.41) is 4.99. The van der Waals surface area contributed by atoms with Crippen LogP contribution in [0.25, 0.3) is 0 Å². The highest BCUT2D eigenvalue weighted by molar-refractivity contribution is 7.84. The van der Waals surface area contributed by atoms with E-state index in [1.807, 2.05) is 13.8 Å². The van der Waals surface area contributed by atoms with Crippen LogP contribution in [-0.2, 0) is 25.6 Å². The third-order valence-electron chi connectivity index (χ3n) is 6.37. The molecule has 0 unspecified atom stereocenters. The highest BCUT2D eigenvalue weighted by Crippen LogP contribution is 2.49. The van der Waals surface area contributed by atoms with Crippen LogP contribution >= 0.6 is 0 Å². The van der Waals surface area contributed by atoms with Crippen molar-refractivity contribution in [2.45, 2.75) is 46.6 Å². The highest BCUT2D eigenvalue weighted by atomic mass is 32.2. The van der Waals surface area contributed by atoms with E-state index < -0.39 is 10.3 Å². The first-order valence-corrected chi connectivity index (χ1v) is 11.5. The number of aryl methyl sites for hydroxylation is 2. The van der Waals surface area contributed by atoms with Crippen molar-refractivity contribution in [1.29, 1.82) is 0 Å². The Balaban J connectivity index is 1.86. The summed E-state index contributed by atoms with van der Waals surface area (Å²) in [4.78, 5) is 21.5. The van der Waals surface area contributed by atoms with Gasteiger partial charge in [-0.2, -0.15) is 8.42 Å². The zero-order valence-corrected chi connectivity index (χ0v) is 19.2. The van der Waals surface area contributed by atoms with Crippen molar-refractivity contribution < 1.29 is 26.5 Å². The Morgan fingerprint density at radius 1 is 1.35 bits per heavy atom. The van der Waals surface area contributed by atoms with Crippen molar-refractivity contribution in [3.05, 3.63) is 46.9 Å². The average molecular weight is 452 g/mol. The Morgan fingerprint density at radius 3 is 2.65 bits per heavy atom. The minimum Gasteiger partial charge on any atom is -0.458 e. The van der Waals surface area contributed by atoms with Crippen LogP contribution < -0.4 is 5.14 Å². The zero-order chi connectivity index (χ0) is 23.0. The van der Waals surface area contributed by atoms with Crippen molar-refractivity contribution in [1.82, 2.24) is 9.97 Å². The van der Waals surface area contributed by atoms with Crippen LogP contribution in [0.4, 0.5) is 0 Å². The smallest absolute Gasteiger partial charge is 0.333 e. The summed E-state index contributed by atoms with van der Waals surface area (Å²) in [6.07, 6.45) is 3.83.